The van der Waals surface area contributed by atoms with E-state index in [4.69, 9.17) is 5.26 Å². The predicted octanol–water partition coefficient (Wildman–Crippen LogP) is 1.05. The largest absolute Gasteiger partial charge is 0.465 e. The van der Waals surface area contributed by atoms with E-state index < -0.39 is 5.97 Å². The molecule has 4 nitrogen and oxygen atoms in total. The lowest BCUT2D eigenvalue weighted by molar-refractivity contribution is 0.0599. The smallest absolute Gasteiger partial charge is 0.340 e. The highest BCUT2D eigenvalue weighted by atomic mass is 16.5. The molecule has 0 aliphatic rings. The molecule has 1 aromatic heterocycles. The van der Waals surface area contributed by atoms with Gasteiger partial charge in [-0.05, 0) is 18.6 Å². The van der Waals surface area contributed by atoms with Gasteiger partial charge in [-0.2, -0.15) is 5.26 Å². The number of hydrogen-bond acceptors (Lipinski definition) is 4. The number of pyridine rings is 1. The van der Waals surface area contributed by atoms with Gasteiger partial charge in [-0.15, -0.1) is 0 Å². The third kappa shape index (κ3) is 1.82. The lowest BCUT2D eigenvalue weighted by atomic mass is 10.1. The van der Waals surface area contributed by atoms with Gasteiger partial charge in [-0.25, -0.2) is 9.78 Å². The van der Waals surface area contributed by atoms with E-state index in [2.05, 4.69) is 9.72 Å². The van der Waals surface area contributed by atoms with E-state index in [1.54, 1.807) is 13.0 Å². The fraction of sp³-hybridized carbons (Fsp3) is 0.222. The molecule has 0 N–H and O–H groups in total. The third-order valence-corrected chi connectivity index (χ3v) is 1.54. The quantitative estimate of drug-likeness (QED) is 0.600. The van der Waals surface area contributed by atoms with Crippen LogP contribution in [0, 0.1) is 18.3 Å². The Morgan fingerprint density at radius 2 is 2.38 bits per heavy atom. The molecule has 13 heavy (non-hydrogen) atoms. The minimum Gasteiger partial charge on any atom is -0.465 e. The van der Waals surface area contributed by atoms with Crippen molar-refractivity contribution >= 4 is 5.97 Å². The molecule has 0 amide bonds. The van der Waals surface area contributed by atoms with Crippen LogP contribution in [0.4, 0.5) is 0 Å². The number of nitriles is 1. The molecular weight excluding hydrogens is 168 g/mol. The summed E-state index contributed by atoms with van der Waals surface area (Å²) >= 11 is 0. The molecule has 0 unspecified atom stereocenters. The number of aromatic nitrogens is 1. The summed E-state index contributed by atoms with van der Waals surface area (Å²) in [7, 11) is 1.27. The average molecular weight is 176 g/mol. The SMILES string of the molecule is COC(=O)c1cc(C)cnc1C#N. The number of methoxy groups -OCH3 is 1. The van der Waals surface area contributed by atoms with Crippen molar-refractivity contribution in [3.05, 3.63) is 29.1 Å². The summed E-state index contributed by atoms with van der Waals surface area (Å²) in [5, 5.41) is 8.63. The van der Waals surface area contributed by atoms with Gasteiger partial charge in [-0.3, -0.25) is 0 Å². The fourth-order valence-corrected chi connectivity index (χ4v) is 0.924. The third-order valence-electron chi connectivity index (χ3n) is 1.54. The van der Waals surface area contributed by atoms with Crippen molar-refractivity contribution < 1.29 is 9.53 Å². The molecule has 0 spiro atoms. The summed E-state index contributed by atoms with van der Waals surface area (Å²) in [5.74, 6) is -0.534. The molecule has 0 aromatic carbocycles. The maximum Gasteiger partial charge on any atom is 0.340 e. The number of aryl methyl sites for hydroxylation is 1. The summed E-state index contributed by atoms with van der Waals surface area (Å²) in [6.45, 7) is 1.79. The van der Waals surface area contributed by atoms with E-state index in [0.29, 0.717) is 0 Å². The van der Waals surface area contributed by atoms with Gasteiger partial charge >= 0.3 is 5.97 Å². The Bertz CT molecular complexity index is 380. The number of esters is 1. The first-order chi connectivity index (χ1) is 6.19. The van der Waals surface area contributed by atoms with Gasteiger partial charge in [0.2, 0.25) is 0 Å². The molecule has 0 radical (unpaired) electrons. The van der Waals surface area contributed by atoms with Crippen LogP contribution in [0.25, 0.3) is 0 Å². The van der Waals surface area contributed by atoms with Crippen LogP contribution >= 0.6 is 0 Å². The predicted molar refractivity (Wildman–Crippen MR) is 45.0 cm³/mol. The van der Waals surface area contributed by atoms with Crippen LogP contribution in [0.2, 0.25) is 0 Å². The van der Waals surface area contributed by atoms with Crippen molar-refractivity contribution in [2.45, 2.75) is 6.92 Å². The van der Waals surface area contributed by atoms with Crippen molar-refractivity contribution in [2.24, 2.45) is 0 Å². The van der Waals surface area contributed by atoms with E-state index in [9.17, 15) is 4.79 Å². The summed E-state index contributed by atoms with van der Waals surface area (Å²) < 4.78 is 4.50. The lowest BCUT2D eigenvalue weighted by Crippen LogP contribution is -2.06. The molecule has 0 fully saturated rings. The van der Waals surface area contributed by atoms with Crippen molar-refractivity contribution in [1.29, 1.82) is 5.26 Å². The van der Waals surface area contributed by atoms with Crippen LogP contribution in [0.3, 0.4) is 0 Å². The van der Waals surface area contributed by atoms with E-state index in [1.807, 2.05) is 6.07 Å². The summed E-state index contributed by atoms with van der Waals surface area (Å²) in [6, 6.07) is 3.41. The molecule has 4 heteroatoms. The molecule has 0 bridgehead atoms. The molecule has 1 aromatic rings. The van der Waals surface area contributed by atoms with Crippen molar-refractivity contribution in [3.63, 3.8) is 0 Å². The molecule has 1 rings (SSSR count). The first kappa shape index (κ1) is 9.20. The Morgan fingerprint density at radius 1 is 1.69 bits per heavy atom. The second kappa shape index (κ2) is 3.68. The molecule has 0 saturated carbocycles. The van der Waals surface area contributed by atoms with Gasteiger partial charge in [0.25, 0.3) is 0 Å². The molecule has 66 valence electrons. The van der Waals surface area contributed by atoms with Crippen LogP contribution in [-0.4, -0.2) is 18.1 Å². The molecule has 1 heterocycles. The molecule has 0 aliphatic heterocycles. The average Bonchev–Trinajstić information content (AvgIpc) is 2.16. The van der Waals surface area contributed by atoms with Gasteiger partial charge in [0, 0.05) is 6.20 Å². The molecular formula is C9H8N2O2. The number of ether oxygens (including phenoxy) is 1. The lowest BCUT2D eigenvalue weighted by Gasteiger charge is -2.01. The minimum atomic E-state index is -0.534. The highest BCUT2D eigenvalue weighted by Crippen LogP contribution is 2.08. The zero-order valence-electron chi connectivity index (χ0n) is 7.37. The van der Waals surface area contributed by atoms with E-state index in [1.165, 1.54) is 13.3 Å². The number of rotatable bonds is 1. The molecule has 0 aliphatic carbocycles. The summed E-state index contributed by atoms with van der Waals surface area (Å²) in [4.78, 5) is 14.9. The monoisotopic (exact) mass is 176 g/mol. The second-order valence-electron chi connectivity index (χ2n) is 2.51. The Labute approximate surface area is 75.8 Å². The van der Waals surface area contributed by atoms with Crippen LogP contribution in [-0.2, 0) is 4.74 Å². The first-order valence-electron chi connectivity index (χ1n) is 3.64. The van der Waals surface area contributed by atoms with Crippen molar-refractivity contribution in [1.82, 2.24) is 4.98 Å². The highest BCUT2D eigenvalue weighted by Gasteiger charge is 2.12. The Balaban J connectivity index is 3.25. The summed E-state index contributed by atoms with van der Waals surface area (Å²) in [6.07, 6.45) is 1.53. The maximum atomic E-state index is 11.1. The van der Waals surface area contributed by atoms with E-state index in [-0.39, 0.29) is 11.3 Å². The second-order valence-corrected chi connectivity index (χ2v) is 2.51. The first-order valence-corrected chi connectivity index (χ1v) is 3.64. The normalized spacial score (nSPS) is 9.00. The molecule has 0 saturated heterocycles. The minimum absolute atomic E-state index is 0.0949. The topological polar surface area (TPSA) is 63.0 Å². The van der Waals surface area contributed by atoms with Gasteiger partial charge in [0.05, 0.1) is 12.7 Å². The zero-order valence-corrected chi connectivity index (χ0v) is 7.37. The Morgan fingerprint density at radius 3 is 2.92 bits per heavy atom. The van der Waals surface area contributed by atoms with Crippen molar-refractivity contribution in [2.75, 3.05) is 7.11 Å². The summed E-state index contributed by atoms with van der Waals surface area (Å²) in [5.41, 5.74) is 1.13. The molecule has 0 atom stereocenters. The van der Waals surface area contributed by atoms with Crippen LogP contribution < -0.4 is 0 Å². The Kier molecular flexibility index (Phi) is 2.60. The van der Waals surface area contributed by atoms with Crippen molar-refractivity contribution in [3.8, 4) is 6.07 Å². The van der Waals surface area contributed by atoms with Crippen LogP contribution in [0.15, 0.2) is 12.3 Å². The van der Waals surface area contributed by atoms with Gasteiger partial charge in [0.1, 0.15) is 6.07 Å². The van der Waals surface area contributed by atoms with Gasteiger partial charge in [0.15, 0.2) is 5.69 Å². The van der Waals surface area contributed by atoms with E-state index >= 15 is 0 Å². The number of carbonyl (C=O) groups is 1. The van der Waals surface area contributed by atoms with Gasteiger partial charge < -0.3 is 4.74 Å². The van der Waals surface area contributed by atoms with Crippen LogP contribution in [0.1, 0.15) is 21.6 Å². The number of carbonyl (C=O) groups excluding carboxylic acids is 1. The van der Waals surface area contributed by atoms with Crippen LogP contribution in [0.5, 0.6) is 0 Å². The maximum absolute atomic E-state index is 11.1. The Hall–Kier alpha value is -1.89. The number of hydrogen-bond donors (Lipinski definition) is 0. The van der Waals surface area contributed by atoms with Gasteiger partial charge in [-0.1, -0.05) is 0 Å². The standard InChI is InChI=1S/C9H8N2O2/c1-6-3-7(9(12)13-2)8(4-10)11-5-6/h3,5H,1-2H3. The fourth-order valence-electron chi connectivity index (χ4n) is 0.924. The zero-order chi connectivity index (χ0) is 9.84. The van der Waals surface area contributed by atoms with E-state index in [0.717, 1.165) is 5.56 Å². The highest BCUT2D eigenvalue weighted by molar-refractivity contribution is 5.91. The number of nitrogens with zero attached hydrogens (tertiary/aromatic N) is 2.